The Morgan fingerprint density at radius 3 is 2.61 bits per heavy atom. The first kappa shape index (κ1) is 14.4. The Hall–Kier alpha value is -1.71. The van der Waals surface area contributed by atoms with Gasteiger partial charge in [-0.25, -0.2) is 0 Å². The summed E-state index contributed by atoms with van der Waals surface area (Å²) < 4.78 is 5.85. The maximum atomic E-state index is 11.7. The third kappa shape index (κ3) is 3.65. The molecule has 0 fully saturated rings. The Morgan fingerprint density at radius 2 is 2.06 bits per heavy atom. The number of rotatable bonds is 5. The number of hydrogen-bond donors (Lipinski definition) is 2. The van der Waals surface area contributed by atoms with Crippen LogP contribution in [0.1, 0.15) is 44.5 Å². The number of benzene rings is 1. The summed E-state index contributed by atoms with van der Waals surface area (Å²) in [5.74, 6) is 0.447. The fraction of sp³-hybridized carbons (Fsp3) is 0.500. The van der Waals surface area contributed by atoms with Crippen molar-refractivity contribution in [2.45, 2.75) is 39.7 Å². The lowest BCUT2D eigenvalue weighted by molar-refractivity contribution is 0.0947. The highest BCUT2D eigenvalue weighted by Crippen LogP contribution is 2.28. The molecule has 0 heterocycles. The molecule has 1 rings (SSSR count). The van der Waals surface area contributed by atoms with Crippen molar-refractivity contribution in [2.24, 2.45) is 0 Å². The van der Waals surface area contributed by atoms with Crippen LogP contribution in [-0.2, 0) is 0 Å². The molecule has 0 aromatic heterocycles. The SMILES string of the molecule is CCNC(=O)c1ccc(N)c(OC(C)(C)CC)c1. The second-order valence-corrected chi connectivity index (χ2v) is 4.83. The first-order chi connectivity index (χ1) is 8.39. The van der Waals surface area contributed by atoms with Gasteiger partial charge in [0, 0.05) is 12.1 Å². The van der Waals surface area contributed by atoms with Gasteiger partial charge in [0.25, 0.3) is 5.91 Å². The highest BCUT2D eigenvalue weighted by atomic mass is 16.5. The number of carbonyl (C=O) groups excluding carboxylic acids is 1. The number of nitrogens with two attached hydrogens (primary N) is 1. The Labute approximate surface area is 109 Å². The van der Waals surface area contributed by atoms with Crippen molar-refractivity contribution in [1.29, 1.82) is 0 Å². The van der Waals surface area contributed by atoms with Crippen molar-refractivity contribution >= 4 is 11.6 Å². The van der Waals surface area contributed by atoms with E-state index < -0.39 is 0 Å². The lowest BCUT2D eigenvalue weighted by atomic mass is 10.1. The topological polar surface area (TPSA) is 64.4 Å². The van der Waals surface area contributed by atoms with Gasteiger partial charge < -0.3 is 15.8 Å². The summed E-state index contributed by atoms with van der Waals surface area (Å²) in [4.78, 5) is 11.7. The minimum absolute atomic E-state index is 0.114. The fourth-order valence-electron chi connectivity index (χ4n) is 1.40. The summed E-state index contributed by atoms with van der Waals surface area (Å²) in [5.41, 5.74) is 6.68. The van der Waals surface area contributed by atoms with Gasteiger partial charge in [-0.05, 0) is 45.4 Å². The van der Waals surface area contributed by atoms with Gasteiger partial charge >= 0.3 is 0 Å². The van der Waals surface area contributed by atoms with E-state index in [1.54, 1.807) is 18.2 Å². The van der Waals surface area contributed by atoms with Crippen molar-refractivity contribution < 1.29 is 9.53 Å². The van der Waals surface area contributed by atoms with E-state index in [4.69, 9.17) is 10.5 Å². The average molecular weight is 250 g/mol. The monoisotopic (exact) mass is 250 g/mol. The summed E-state index contributed by atoms with van der Waals surface area (Å²) in [7, 11) is 0. The molecular weight excluding hydrogens is 228 g/mol. The van der Waals surface area contributed by atoms with Crippen molar-refractivity contribution in [2.75, 3.05) is 12.3 Å². The largest absolute Gasteiger partial charge is 0.486 e. The van der Waals surface area contributed by atoms with Crippen molar-refractivity contribution in [3.05, 3.63) is 23.8 Å². The lowest BCUT2D eigenvalue weighted by Gasteiger charge is -2.26. The Bertz CT molecular complexity index is 428. The quantitative estimate of drug-likeness (QED) is 0.789. The minimum atomic E-state index is -0.298. The number of carbonyl (C=O) groups is 1. The molecule has 0 bridgehead atoms. The smallest absolute Gasteiger partial charge is 0.251 e. The van der Waals surface area contributed by atoms with Crippen molar-refractivity contribution in [1.82, 2.24) is 5.32 Å². The highest BCUT2D eigenvalue weighted by Gasteiger charge is 2.19. The van der Waals surface area contributed by atoms with E-state index in [2.05, 4.69) is 5.32 Å². The van der Waals surface area contributed by atoms with Crippen LogP contribution in [0.5, 0.6) is 5.75 Å². The third-order valence-electron chi connectivity index (χ3n) is 2.85. The predicted octanol–water partition coefficient (Wildman–Crippen LogP) is 2.59. The van der Waals surface area contributed by atoms with E-state index in [0.29, 0.717) is 23.5 Å². The zero-order valence-corrected chi connectivity index (χ0v) is 11.5. The molecule has 4 heteroatoms. The van der Waals surface area contributed by atoms with E-state index in [0.717, 1.165) is 6.42 Å². The number of nitrogens with one attached hydrogen (secondary N) is 1. The number of anilines is 1. The van der Waals surface area contributed by atoms with E-state index in [-0.39, 0.29) is 11.5 Å². The maximum absolute atomic E-state index is 11.7. The molecule has 0 atom stereocenters. The molecule has 1 aromatic carbocycles. The summed E-state index contributed by atoms with van der Waals surface area (Å²) in [6, 6.07) is 5.09. The first-order valence-electron chi connectivity index (χ1n) is 6.26. The van der Waals surface area contributed by atoms with Gasteiger partial charge in [-0.3, -0.25) is 4.79 Å². The second-order valence-electron chi connectivity index (χ2n) is 4.83. The van der Waals surface area contributed by atoms with Gasteiger partial charge in [0.1, 0.15) is 11.4 Å². The molecular formula is C14H22N2O2. The van der Waals surface area contributed by atoms with Crippen LogP contribution in [0.25, 0.3) is 0 Å². The molecule has 0 saturated carbocycles. The Morgan fingerprint density at radius 1 is 1.39 bits per heavy atom. The van der Waals surface area contributed by atoms with Crippen molar-refractivity contribution in [3.63, 3.8) is 0 Å². The van der Waals surface area contributed by atoms with Crippen LogP contribution in [0.2, 0.25) is 0 Å². The molecule has 4 nitrogen and oxygen atoms in total. The van der Waals surface area contributed by atoms with Crippen LogP contribution in [0.4, 0.5) is 5.69 Å². The van der Waals surface area contributed by atoms with Gasteiger partial charge in [-0.1, -0.05) is 6.92 Å². The molecule has 18 heavy (non-hydrogen) atoms. The molecule has 100 valence electrons. The van der Waals surface area contributed by atoms with Crippen LogP contribution < -0.4 is 15.8 Å². The van der Waals surface area contributed by atoms with Gasteiger partial charge in [0.2, 0.25) is 0 Å². The van der Waals surface area contributed by atoms with Gasteiger partial charge in [-0.2, -0.15) is 0 Å². The van der Waals surface area contributed by atoms with Crippen LogP contribution in [0.15, 0.2) is 18.2 Å². The van der Waals surface area contributed by atoms with Crippen LogP contribution in [0.3, 0.4) is 0 Å². The maximum Gasteiger partial charge on any atom is 0.251 e. The molecule has 0 unspecified atom stereocenters. The normalized spacial score (nSPS) is 11.1. The fourth-order valence-corrected chi connectivity index (χ4v) is 1.40. The van der Waals surface area contributed by atoms with E-state index >= 15 is 0 Å². The molecule has 0 saturated heterocycles. The second kappa shape index (κ2) is 5.76. The average Bonchev–Trinajstić information content (AvgIpc) is 2.32. The number of hydrogen-bond acceptors (Lipinski definition) is 3. The number of ether oxygens (including phenoxy) is 1. The predicted molar refractivity (Wildman–Crippen MR) is 73.9 cm³/mol. The molecule has 0 radical (unpaired) electrons. The van der Waals surface area contributed by atoms with Gasteiger partial charge in [0.05, 0.1) is 5.69 Å². The van der Waals surface area contributed by atoms with Crippen LogP contribution in [0, 0.1) is 0 Å². The highest BCUT2D eigenvalue weighted by molar-refractivity contribution is 5.95. The van der Waals surface area contributed by atoms with Gasteiger partial charge in [-0.15, -0.1) is 0 Å². The molecule has 0 spiro atoms. The van der Waals surface area contributed by atoms with E-state index in [9.17, 15) is 4.79 Å². The van der Waals surface area contributed by atoms with Gasteiger partial charge in [0.15, 0.2) is 0 Å². The molecule has 0 aliphatic rings. The van der Waals surface area contributed by atoms with E-state index in [1.165, 1.54) is 0 Å². The van der Waals surface area contributed by atoms with Crippen LogP contribution >= 0.6 is 0 Å². The third-order valence-corrected chi connectivity index (χ3v) is 2.85. The minimum Gasteiger partial charge on any atom is -0.486 e. The molecule has 1 aromatic rings. The molecule has 0 aliphatic carbocycles. The molecule has 1 amide bonds. The Kier molecular flexibility index (Phi) is 4.59. The first-order valence-corrected chi connectivity index (χ1v) is 6.26. The number of nitrogen functional groups attached to an aromatic ring is 1. The van der Waals surface area contributed by atoms with Crippen molar-refractivity contribution in [3.8, 4) is 5.75 Å². The summed E-state index contributed by atoms with van der Waals surface area (Å²) in [6.07, 6.45) is 0.859. The summed E-state index contributed by atoms with van der Waals surface area (Å²) in [6.45, 7) is 8.51. The Balaban J connectivity index is 2.98. The van der Waals surface area contributed by atoms with Crippen LogP contribution in [-0.4, -0.2) is 18.1 Å². The molecule has 0 aliphatic heterocycles. The number of amides is 1. The lowest BCUT2D eigenvalue weighted by Crippen LogP contribution is -2.28. The zero-order chi connectivity index (χ0) is 13.8. The summed E-state index contributed by atoms with van der Waals surface area (Å²) >= 11 is 0. The summed E-state index contributed by atoms with van der Waals surface area (Å²) in [5, 5.41) is 2.75. The molecule has 3 N–H and O–H groups in total. The zero-order valence-electron chi connectivity index (χ0n) is 11.5. The standard InChI is InChI=1S/C14H22N2O2/c1-5-14(3,4)18-12-9-10(7-8-11(12)15)13(17)16-6-2/h7-9H,5-6,15H2,1-4H3,(H,16,17). The van der Waals surface area contributed by atoms with E-state index in [1.807, 2.05) is 27.7 Å².